The number of aliphatic hydroxyl groups is 2. The lowest BCUT2D eigenvalue weighted by Crippen LogP contribution is -2.74. The number of carbonyl (C=O) groups is 6. The van der Waals surface area contributed by atoms with Gasteiger partial charge in [-0.1, -0.05) is 0 Å². The largest absolute Gasteiger partial charge is 0.506 e. The number of hydrogen-bond donors (Lipinski definition) is 4. The summed E-state index contributed by atoms with van der Waals surface area (Å²) in [6.45, 7) is 2.40. The fourth-order valence-corrected chi connectivity index (χ4v) is 6.34. The van der Waals surface area contributed by atoms with Gasteiger partial charge in [0.25, 0.3) is 0 Å². The van der Waals surface area contributed by atoms with E-state index < -0.39 is 82.0 Å². The van der Waals surface area contributed by atoms with Gasteiger partial charge in [0.15, 0.2) is 40.3 Å². The van der Waals surface area contributed by atoms with Crippen LogP contribution in [0.25, 0.3) is 0 Å². The molecule has 0 saturated heterocycles. The fourth-order valence-electron chi connectivity index (χ4n) is 6.34. The molecule has 36 heavy (non-hydrogen) atoms. The third kappa shape index (κ3) is 3.34. The molecule has 3 aliphatic carbocycles. The van der Waals surface area contributed by atoms with Crippen LogP contribution in [0.2, 0.25) is 0 Å². The van der Waals surface area contributed by atoms with Crippen LogP contribution < -0.4 is 5.73 Å². The molecule has 11 heteroatoms. The van der Waals surface area contributed by atoms with E-state index in [-0.39, 0.29) is 35.1 Å². The number of fused-ring (bicyclic) bond motifs is 3. The summed E-state index contributed by atoms with van der Waals surface area (Å²) in [6.07, 6.45) is -2.10. The summed E-state index contributed by atoms with van der Waals surface area (Å²) in [5.74, 6) is -11.2. The quantitative estimate of drug-likeness (QED) is 0.227. The van der Waals surface area contributed by atoms with E-state index in [9.17, 15) is 44.1 Å². The summed E-state index contributed by atoms with van der Waals surface area (Å²) in [4.78, 5) is 79.8. The third-order valence-corrected chi connectivity index (χ3v) is 7.92. The summed E-state index contributed by atoms with van der Waals surface area (Å²) in [5.41, 5.74) is 2.32. The summed E-state index contributed by atoms with van der Waals surface area (Å²) in [6, 6.07) is 0.0646. The van der Waals surface area contributed by atoms with Crippen molar-refractivity contribution in [2.45, 2.75) is 44.6 Å². The molecule has 0 aliphatic heterocycles. The number of ketones is 6. The number of nitrogens with zero attached hydrogens (tertiary/aromatic N) is 1. The number of Topliss-reactive ketones (excluding diaryl/α,β-unsaturated/α-hetero) is 6. The smallest absolute Gasteiger partial charge is 0.187 e. The predicted molar refractivity (Wildman–Crippen MR) is 122 cm³/mol. The molecule has 3 unspecified atom stereocenters. The second-order valence-electron chi connectivity index (χ2n) is 10.2. The monoisotopic (exact) mass is 500 g/mol. The number of aliphatic hydroxyl groups excluding tert-OH is 1. The predicted octanol–water partition coefficient (Wildman–Crippen LogP) is -0.936. The zero-order valence-electron chi connectivity index (χ0n) is 20.3. The van der Waals surface area contributed by atoms with E-state index >= 15 is 0 Å². The van der Waals surface area contributed by atoms with Crippen molar-refractivity contribution >= 4 is 34.7 Å². The zero-order chi connectivity index (χ0) is 27.0. The van der Waals surface area contributed by atoms with Crippen LogP contribution in [0.3, 0.4) is 0 Å². The van der Waals surface area contributed by atoms with Crippen molar-refractivity contribution in [3.8, 4) is 5.75 Å². The Morgan fingerprint density at radius 2 is 1.67 bits per heavy atom. The summed E-state index contributed by atoms with van der Waals surface area (Å²) >= 11 is 0. The number of likely N-dealkylation sites (N-methyl/N-ethyl adjacent to an activating group) is 1. The molecule has 4 rings (SSSR count). The second-order valence-corrected chi connectivity index (χ2v) is 10.2. The molecule has 1 aromatic carbocycles. The molecule has 0 heterocycles. The number of aromatic hydroxyl groups is 1. The van der Waals surface area contributed by atoms with E-state index in [1.807, 2.05) is 0 Å². The molecule has 0 bridgehead atoms. The maximum atomic E-state index is 13.8. The number of phenols is 1. The van der Waals surface area contributed by atoms with Gasteiger partial charge in [-0.25, -0.2) is 0 Å². The number of rotatable bonds is 4. The van der Waals surface area contributed by atoms with Gasteiger partial charge < -0.3 is 21.1 Å². The van der Waals surface area contributed by atoms with Gasteiger partial charge in [-0.15, -0.1) is 0 Å². The van der Waals surface area contributed by atoms with Gasteiger partial charge in [0, 0.05) is 11.5 Å². The van der Waals surface area contributed by atoms with E-state index in [2.05, 4.69) is 0 Å². The molecule has 0 radical (unpaired) electrons. The van der Waals surface area contributed by atoms with Gasteiger partial charge in [0.05, 0.1) is 23.1 Å². The zero-order valence-corrected chi connectivity index (χ0v) is 20.3. The highest BCUT2D eigenvalue weighted by atomic mass is 16.3. The lowest BCUT2D eigenvalue weighted by molar-refractivity contribution is -0.184. The molecular weight excluding hydrogens is 472 g/mol. The molecule has 0 spiro atoms. The first-order valence-electron chi connectivity index (χ1n) is 11.6. The normalized spacial score (nSPS) is 32.6. The number of phenolic OH excluding ortho intramolecular Hbond substituents is 1. The fraction of sp³-hybridized carbons (Fsp3) is 0.520. The number of nitrogens with two attached hydrogens (primary N) is 1. The van der Waals surface area contributed by atoms with E-state index in [0.29, 0.717) is 0 Å². The Bertz CT molecular complexity index is 1250. The maximum Gasteiger partial charge on any atom is 0.187 e. The van der Waals surface area contributed by atoms with Crippen LogP contribution in [0.1, 0.15) is 56.9 Å². The van der Waals surface area contributed by atoms with Crippen molar-refractivity contribution < 1.29 is 44.1 Å². The first-order valence-corrected chi connectivity index (χ1v) is 11.6. The molecule has 0 amide bonds. The van der Waals surface area contributed by atoms with E-state index in [4.69, 9.17) is 5.73 Å². The first kappa shape index (κ1) is 26.0. The van der Waals surface area contributed by atoms with E-state index in [1.54, 1.807) is 0 Å². The van der Waals surface area contributed by atoms with Crippen molar-refractivity contribution in [1.82, 2.24) is 4.90 Å². The van der Waals surface area contributed by atoms with Crippen LogP contribution in [0, 0.1) is 23.7 Å². The van der Waals surface area contributed by atoms with Crippen LogP contribution in [0.5, 0.6) is 5.75 Å². The lowest BCUT2D eigenvalue weighted by atomic mass is 9.52. The van der Waals surface area contributed by atoms with Crippen molar-refractivity contribution in [3.63, 3.8) is 0 Å². The van der Waals surface area contributed by atoms with Crippen LogP contribution in [-0.4, -0.2) is 86.9 Å². The molecule has 5 N–H and O–H groups in total. The second kappa shape index (κ2) is 8.48. The molecule has 1 aromatic rings. The molecule has 2 fully saturated rings. The molecular formula is C25H28N2O9. The Hall–Kier alpha value is -3.12. The topological polar surface area (TPSA) is 192 Å². The van der Waals surface area contributed by atoms with Crippen LogP contribution in [0.15, 0.2) is 6.07 Å². The summed E-state index contributed by atoms with van der Waals surface area (Å²) in [7, 11) is 3.04. The Kier molecular flexibility index (Phi) is 6.11. The molecule has 7 atom stereocenters. The van der Waals surface area contributed by atoms with Crippen LogP contribution >= 0.6 is 0 Å². The van der Waals surface area contributed by atoms with Gasteiger partial charge in [-0.3, -0.25) is 33.7 Å². The minimum Gasteiger partial charge on any atom is -0.506 e. The van der Waals surface area contributed by atoms with Crippen LogP contribution in [0.4, 0.5) is 0 Å². The van der Waals surface area contributed by atoms with E-state index in [1.165, 1.54) is 32.0 Å². The van der Waals surface area contributed by atoms with Crippen molar-refractivity contribution in [2.75, 3.05) is 14.1 Å². The van der Waals surface area contributed by atoms with Gasteiger partial charge in [-0.2, -0.15) is 0 Å². The molecule has 2 saturated carbocycles. The van der Waals surface area contributed by atoms with Crippen LogP contribution in [-0.2, 0) is 20.8 Å². The average Bonchev–Trinajstić information content (AvgIpc) is 2.75. The lowest BCUT2D eigenvalue weighted by Gasteiger charge is -2.53. The first-order chi connectivity index (χ1) is 16.7. The highest BCUT2D eigenvalue weighted by Crippen LogP contribution is 2.51. The Morgan fingerprint density at radius 1 is 1.08 bits per heavy atom. The Labute approximate surface area is 206 Å². The number of hydrogen-bond acceptors (Lipinski definition) is 11. The Morgan fingerprint density at radius 3 is 2.17 bits per heavy atom. The summed E-state index contributed by atoms with van der Waals surface area (Å²) in [5, 5.41) is 32.3. The highest BCUT2D eigenvalue weighted by molar-refractivity contribution is 6.28. The molecule has 0 aromatic heterocycles. The van der Waals surface area contributed by atoms with Gasteiger partial charge in [-0.05, 0) is 58.3 Å². The standard InChI is InChI=1S/C25H28N2O9/c1-8(28)11-7-12(9(2)29)19(30)16-13(11)5-10-6-14-18(27(3)4)21(32)17(24(26)35)23(34)25(14,36)22(33)15(10)20(16)31/h7,10,14-15,17-18,24,30,35-36H,5-6,26H2,1-4H3/t10-,14-,15?,17?,18-,24?,25-/m0/s1. The highest BCUT2D eigenvalue weighted by Gasteiger charge is 2.69. The van der Waals surface area contributed by atoms with Crippen molar-refractivity contribution in [1.29, 1.82) is 0 Å². The Balaban J connectivity index is 1.93. The average molecular weight is 501 g/mol. The van der Waals surface area contributed by atoms with Crippen molar-refractivity contribution in [3.05, 3.63) is 28.3 Å². The van der Waals surface area contributed by atoms with Crippen molar-refractivity contribution in [2.24, 2.45) is 29.4 Å². The third-order valence-electron chi connectivity index (χ3n) is 7.92. The number of carbonyl (C=O) groups excluding carboxylic acids is 6. The number of benzene rings is 1. The van der Waals surface area contributed by atoms with Gasteiger partial charge in [0.1, 0.15) is 17.9 Å². The maximum absolute atomic E-state index is 13.8. The molecule has 192 valence electrons. The molecule has 3 aliphatic rings. The summed E-state index contributed by atoms with van der Waals surface area (Å²) < 4.78 is 0. The minimum absolute atomic E-state index is 0.0316. The van der Waals surface area contributed by atoms with E-state index in [0.717, 1.165) is 6.92 Å². The minimum atomic E-state index is -2.78. The SMILES string of the molecule is CC(=O)c1cc(C(C)=O)c2c(c1O)C(=O)C1C(=O)[C@]3(O)C(=O)C(C(N)O)C(=O)[C@@H](N(C)C)[C@@H]3C[C@@H]1C2. The molecule has 11 nitrogen and oxygen atoms in total. The van der Waals surface area contributed by atoms with Gasteiger partial charge in [0.2, 0.25) is 0 Å². The van der Waals surface area contributed by atoms with Gasteiger partial charge >= 0.3 is 0 Å².